The number of benzene rings is 1. The quantitative estimate of drug-likeness (QED) is 0.393. The number of aldehydes is 1. The number of carbonyl (C=O) groups is 1. The average Bonchev–Trinajstić information content (AvgIpc) is 2.45. The number of halogens is 1. The largest absolute Gasteiger partial charge is 0.366 e. The van der Waals surface area contributed by atoms with E-state index in [4.69, 9.17) is 20.9 Å². The lowest BCUT2D eigenvalue weighted by atomic mass is 9.82. The van der Waals surface area contributed by atoms with Crippen molar-refractivity contribution in [1.29, 1.82) is 0 Å². The minimum absolute atomic E-state index is 0.119. The molecule has 0 radical (unpaired) electrons. The van der Waals surface area contributed by atoms with Gasteiger partial charge in [0.05, 0.1) is 12.4 Å². The van der Waals surface area contributed by atoms with Crippen LogP contribution in [0, 0.1) is 5.41 Å². The van der Waals surface area contributed by atoms with E-state index in [1.807, 2.05) is 44.2 Å². The Morgan fingerprint density at radius 1 is 1.30 bits per heavy atom. The fraction of sp³-hybridized carbons (Fsp3) is 0.562. The molecule has 0 aliphatic carbocycles. The highest BCUT2D eigenvalue weighted by molar-refractivity contribution is 7.85. The van der Waals surface area contributed by atoms with Gasteiger partial charge in [-0.1, -0.05) is 44.2 Å². The van der Waals surface area contributed by atoms with Gasteiger partial charge in [0, 0.05) is 5.38 Å². The van der Waals surface area contributed by atoms with E-state index in [0.29, 0.717) is 13.0 Å². The molecule has 0 aliphatic rings. The molecule has 0 heterocycles. The zero-order valence-corrected chi connectivity index (χ0v) is 14.9. The average molecular weight is 363 g/mol. The lowest BCUT2D eigenvalue weighted by Gasteiger charge is -2.32. The Hall–Kier alpha value is -0.950. The van der Waals surface area contributed by atoms with Crippen LogP contribution in [0.4, 0.5) is 0 Å². The van der Waals surface area contributed by atoms with Crippen molar-refractivity contribution in [3.8, 4) is 0 Å². The van der Waals surface area contributed by atoms with Crippen molar-refractivity contribution in [2.45, 2.75) is 44.8 Å². The van der Waals surface area contributed by atoms with Crippen LogP contribution in [0.2, 0.25) is 0 Å². The summed E-state index contributed by atoms with van der Waals surface area (Å²) in [5, 5.41) is -0.477. The van der Waals surface area contributed by atoms with E-state index in [-0.39, 0.29) is 6.42 Å². The Morgan fingerprint density at radius 2 is 1.91 bits per heavy atom. The Balaban J connectivity index is 2.58. The first-order valence-corrected chi connectivity index (χ1v) is 9.38. The summed E-state index contributed by atoms with van der Waals surface area (Å²) < 4.78 is 36.0. The Kier molecular flexibility index (Phi) is 7.67. The van der Waals surface area contributed by atoms with Gasteiger partial charge in [0.15, 0.2) is 0 Å². The first kappa shape index (κ1) is 20.1. The standard InChI is InChI=1S/C16H23ClO5S/c1-16(2,10-14(17)8-9-23(19,20)21)15(11-18)22-12-13-6-4-3-5-7-13/h3-7,11,14-15H,8-10,12H2,1-2H3,(H,19,20,21)/t14?,15-/m0/s1. The van der Waals surface area contributed by atoms with Gasteiger partial charge >= 0.3 is 0 Å². The third-order valence-electron chi connectivity index (χ3n) is 3.60. The zero-order valence-electron chi connectivity index (χ0n) is 13.3. The predicted octanol–water partition coefficient (Wildman–Crippen LogP) is 3.07. The maximum absolute atomic E-state index is 11.4. The molecular formula is C16H23ClO5S. The van der Waals surface area contributed by atoms with Crippen LogP contribution in [0.25, 0.3) is 0 Å². The van der Waals surface area contributed by atoms with Gasteiger partial charge in [0.1, 0.15) is 12.4 Å². The second kappa shape index (κ2) is 8.78. The number of rotatable bonds is 10. The first-order valence-electron chi connectivity index (χ1n) is 7.34. The minimum Gasteiger partial charge on any atom is -0.366 e. The molecule has 0 bridgehead atoms. The molecule has 1 aromatic rings. The van der Waals surface area contributed by atoms with Crippen LogP contribution in [0.5, 0.6) is 0 Å². The van der Waals surface area contributed by atoms with Gasteiger partial charge in [-0.05, 0) is 23.8 Å². The zero-order chi connectivity index (χ0) is 17.5. The van der Waals surface area contributed by atoms with Gasteiger partial charge in [-0.25, -0.2) is 0 Å². The van der Waals surface area contributed by atoms with Gasteiger partial charge in [0.25, 0.3) is 10.1 Å². The van der Waals surface area contributed by atoms with Crippen molar-refractivity contribution >= 4 is 28.0 Å². The summed E-state index contributed by atoms with van der Waals surface area (Å²) in [6, 6.07) is 9.50. The SMILES string of the molecule is CC(C)(CC(Cl)CCS(=O)(=O)O)[C@H](C=O)OCc1ccccc1. The molecule has 1 unspecified atom stereocenters. The van der Waals surface area contributed by atoms with Crippen molar-refractivity contribution in [1.82, 2.24) is 0 Å². The normalized spacial score (nSPS) is 15.1. The molecule has 0 spiro atoms. The molecule has 5 nitrogen and oxygen atoms in total. The van der Waals surface area contributed by atoms with E-state index >= 15 is 0 Å². The number of carbonyl (C=O) groups excluding carboxylic acids is 1. The fourth-order valence-electron chi connectivity index (χ4n) is 2.28. The number of hydrogen-bond donors (Lipinski definition) is 1. The van der Waals surface area contributed by atoms with Crippen LogP contribution in [-0.2, 0) is 26.3 Å². The summed E-state index contributed by atoms with van der Waals surface area (Å²) in [7, 11) is -4.03. The van der Waals surface area contributed by atoms with Crippen molar-refractivity contribution in [2.75, 3.05) is 5.75 Å². The second-order valence-corrected chi connectivity index (χ2v) is 8.41. The molecule has 1 rings (SSSR count). The third kappa shape index (κ3) is 7.92. The maximum atomic E-state index is 11.4. The topological polar surface area (TPSA) is 80.7 Å². The number of ether oxygens (including phenoxy) is 1. The molecule has 0 amide bonds. The van der Waals surface area contributed by atoms with E-state index in [0.717, 1.165) is 11.8 Å². The predicted molar refractivity (Wildman–Crippen MR) is 90.2 cm³/mol. The van der Waals surface area contributed by atoms with Crippen LogP contribution in [0.15, 0.2) is 30.3 Å². The molecule has 2 atom stereocenters. The number of alkyl halides is 1. The molecule has 1 N–H and O–H groups in total. The molecule has 0 saturated carbocycles. The summed E-state index contributed by atoms with van der Waals surface area (Å²) in [6.45, 7) is 4.01. The molecule has 0 fully saturated rings. The molecule has 1 aromatic carbocycles. The highest BCUT2D eigenvalue weighted by Gasteiger charge is 2.32. The van der Waals surface area contributed by atoms with E-state index in [2.05, 4.69) is 0 Å². The highest BCUT2D eigenvalue weighted by atomic mass is 35.5. The Bertz CT molecular complexity index is 586. The number of hydrogen-bond acceptors (Lipinski definition) is 4. The molecule has 7 heteroatoms. The summed E-state index contributed by atoms with van der Waals surface area (Å²) >= 11 is 6.14. The maximum Gasteiger partial charge on any atom is 0.264 e. The van der Waals surface area contributed by atoms with Gasteiger partial charge in [-0.15, -0.1) is 11.6 Å². The van der Waals surface area contributed by atoms with Gasteiger partial charge in [-0.2, -0.15) is 8.42 Å². The van der Waals surface area contributed by atoms with Crippen molar-refractivity contribution < 1.29 is 22.5 Å². The van der Waals surface area contributed by atoms with E-state index in [1.165, 1.54) is 0 Å². The molecule has 130 valence electrons. The van der Waals surface area contributed by atoms with Crippen molar-refractivity contribution in [3.05, 3.63) is 35.9 Å². The second-order valence-electron chi connectivity index (χ2n) is 6.22. The van der Waals surface area contributed by atoms with Crippen molar-refractivity contribution in [2.24, 2.45) is 5.41 Å². The summed E-state index contributed by atoms with van der Waals surface area (Å²) in [5.41, 5.74) is 0.409. The van der Waals surface area contributed by atoms with Crippen LogP contribution in [-0.4, -0.2) is 36.5 Å². The van der Waals surface area contributed by atoms with E-state index < -0.39 is 32.8 Å². The molecule has 0 aliphatic heterocycles. The lowest BCUT2D eigenvalue weighted by molar-refractivity contribution is -0.127. The first-order chi connectivity index (χ1) is 10.6. The molecule has 0 saturated heterocycles. The van der Waals surface area contributed by atoms with E-state index in [1.54, 1.807) is 0 Å². The van der Waals surface area contributed by atoms with Crippen LogP contribution in [0.1, 0.15) is 32.3 Å². The van der Waals surface area contributed by atoms with Crippen LogP contribution in [0.3, 0.4) is 0 Å². The fourth-order valence-corrected chi connectivity index (χ4v) is 3.49. The van der Waals surface area contributed by atoms with Gasteiger partial charge in [-0.3, -0.25) is 4.55 Å². The summed E-state index contributed by atoms with van der Waals surface area (Å²) in [6.07, 6.45) is 0.598. The monoisotopic (exact) mass is 362 g/mol. The van der Waals surface area contributed by atoms with Crippen LogP contribution >= 0.6 is 11.6 Å². The third-order valence-corrected chi connectivity index (χ3v) is 4.73. The summed E-state index contributed by atoms with van der Waals surface area (Å²) in [4.78, 5) is 11.4. The highest BCUT2D eigenvalue weighted by Crippen LogP contribution is 2.32. The Morgan fingerprint density at radius 3 is 2.43 bits per heavy atom. The molecule has 0 aromatic heterocycles. The lowest BCUT2D eigenvalue weighted by Crippen LogP contribution is -2.35. The minimum atomic E-state index is -4.03. The molecule has 23 heavy (non-hydrogen) atoms. The van der Waals surface area contributed by atoms with Gasteiger partial charge < -0.3 is 9.53 Å². The summed E-state index contributed by atoms with van der Waals surface area (Å²) in [5.74, 6) is -0.395. The Labute approximate surface area is 142 Å². The molecular weight excluding hydrogens is 340 g/mol. The van der Waals surface area contributed by atoms with Gasteiger partial charge in [0.2, 0.25) is 0 Å². The van der Waals surface area contributed by atoms with E-state index in [9.17, 15) is 13.2 Å². The van der Waals surface area contributed by atoms with Crippen molar-refractivity contribution in [3.63, 3.8) is 0 Å². The smallest absolute Gasteiger partial charge is 0.264 e. The van der Waals surface area contributed by atoms with Crippen LogP contribution < -0.4 is 0 Å².